The first kappa shape index (κ1) is 6.49. The predicted octanol–water partition coefficient (Wildman–Crippen LogP) is 0.663. The van der Waals surface area contributed by atoms with Gasteiger partial charge in [-0.05, 0) is 12.1 Å². The second kappa shape index (κ2) is 2.43. The number of pyridine rings is 1. The fourth-order valence-corrected chi connectivity index (χ4v) is 0.902. The summed E-state index contributed by atoms with van der Waals surface area (Å²) in [4.78, 5) is 15.1. The van der Waals surface area contributed by atoms with E-state index in [1.54, 1.807) is 24.5 Å². The Balaban J connectivity index is 2.22. The molecule has 1 aliphatic heterocycles. The lowest BCUT2D eigenvalue weighted by Gasteiger charge is -1.93. The summed E-state index contributed by atoms with van der Waals surface area (Å²) in [5.41, 5.74) is 0.683. The molecule has 0 bridgehead atoms. The van der Waals surface area contributed by atoms with E-state index in [-0.39, 0.29) is 11.9 Å². The molecule has 1 atom stereocenters. The van der Waals surface area contributed by atoms with Crippen molar-refractivity contribution in [3.05, 3.63) is 30.1 Å². The molecule has 0 aliphatic carbocycles. The second-order valence-electron chi connectivity index (χ2n) is 2.42. The van der Waals surface area contributed by atoms with Crippen LogP contribution in [0.15, 0.2) is 24.5 Å². The fraction of sp³-hybridized carbons (Fsp3) is 0.250. The van der Waals surface area contributed by atoms with Gasteiger partial charge >= 0.3 is 0 Å². The largest absolute Gasteiger partial charge is 0.364 e. The minimum absolute atomic E-state index is 0.0624. The van der Waals surface area contributed by atoms with E-state index in [0.29, 0.717) is 12.2 Å². The van der Waals surface area contributed by atoms with Crippen LogP contribution in [0.3, 0.4) is 0 Å². The molecule has 0 aromatic carbocycles. The van der Waals surface area contributed by atoms with E-state index in [2.05, 4.69) is 4.98 Å². The number of carbonyl (C=O) groups is 1. The Morgan fingerprint density at radius 1 is 1.55 bits per heavy atom. The molecule has 1 saturated heterocycles. The zero-order chi connectivity index (χ0) is 7.68. The first-order valence-electron chi connectivity index (χ1n) is 3.44. The van der Waals surface area contributed by atoms with E-state index in [0.717, 1.165) is 0 Å². The molecule has 0 spiro atoms. The number of ketones is 1. The van der Waals surface area contributed by atoms with Crippen molar-refractivity contribution in [2.45, 2.75) is 6.10 Å². The first-order chi connectivity index (χ1) is 5.38. The molecule has 3 heteroatoms. The maximum absolute atomic E-state index is 11.3. The normalized spacial score (nSPS) is 21.3. The van der Waals surface area contributed by atoms with Crippen LogP contribution >= 0.6 is 0 Å². The van der Waals surface area contributed by atoms with Gasteiger partial charge in [-0.25, -0.2) is 0 Å². The lowest BCUT2D eigenvalue weighted by Crippen LogP contribution is -2.06. The van der Waals surface area contributed by atoms with Crippen LogP contribution in [0, 0.1) is 0 Å². The number of ether oxygens (including phenoxy) is 1. The van der Waals surface area contributed by atoms with Crippen LogP contribution in [-0.4, -0.2) is 23.5 Å². The molecule has 11 heavy (non-hydrogen) atoms. The van der Waals surface area contributed by atoms with Gasteiger partial charge in [-0.2, -0.15) is 0 Å². The molecule has 0 radical (unpaired) electrons. The summed E-state index contributed by atoms with van der Waals surface area (Å²) >= 11 is 0. The highest BCUT2D eigenvalue weighted by molar-refractivity contribution is 6.00. The van der Waals surface area contributed by atoms with Crippen molar-refractivity contribution in [1.82, 2.24) is 4.98 Å². The van der Waals surface area contributed by atoms with Crippen molar-refractivity contribution in [3.63, 3.8) is 0 Å². The van der Waals surface area contributed by atoms with E-state index in [1.807, 2.05) is 0 Å². The Morgan fingerprint density at radius 2 is 2.18 bits per heavy atom. The third-order valence-corrected chi connectivity index (χ3v) is 1.59. The highest BCUT2D eigenvalue weighted by Gasteiger charge is 2.31. The number of aromatic nitrogens is 1. The van der Waals surface area contributed by atoms with Crippen LogP contribution in [0.1, 0.15) is 10.4 Å². The molecule has 1 fully saturated rings. The molecule has 2 rings (SSSR count). The van der Waals surface area contributed by atoms with Crippen LogP contribution in [-0.2, 0) is 4.74 Å². The average Bonchev–Trinajstić information content (AvgIpc) is 2.87. The monoisotopic (exact) mass is 149 g/mol. The van der Waals surface area contributed by atoms with E-state index in [1.165, 1.54) is 0 Å². The Labute approximate surface area is 64.0 Å². The van der Waals surface area contributed by atoms with Gasteiger partial charge in [-0.15, -0.1) is 0 Å². The first-order valence-corrected chi connectivity index (χ1v) is 3.44. The topological polar surface area (TPSA) is 42.5 Å². The maximum Gasteiger partial charge on any atom is 0.194 e. The number of rotatable bonds is 2. The summed E-state index contributed by atoms with van der Waals surface area (Å²) in [6.07, 6.45) is 3.03. The Kier molecular flexibility index (Phi) is 1.43. The summed E-state index contributed by atoms with van der Waals surface area (Å²) in [7, 11) is 0. The molecule has 0 saturated carbocycles. The van der Waals surface area contributed by atoms with Crippen molar-refractivity contribution < 1.29 is 9.53 Å². The highest BCUT2D eigenvalue weighted by atomic mass is 16.6. The quantitative estimate of drug-likeness (QED) is 0.458. The average molecular weight is 149 g/mol. The number of nitrogens with zero attached hydrogens (tertiary/aromatic N) is 1. The van der Waals surface area contributed by atoms with Gasteiger partial charge in [0, 0.05) is 18.0 Å². The van der Waals surface area contributed by atoms with Gasteiger partial charge < -0.3 is 4.74 Å². The number of Topliss-reactive ketones (excluding diaryl/α,β-unsaturated/α-hetero) is 1. The third kappa shape index (κ3) is 1.28. The summed E-state index contributed by atoms with van der Waals surface area (Å²) in [5.74, 6) is 0.0624. The van der Waals surface area contributed by atoms with Gasteiger partial charge in [0.1, 0.15) is 6.10 Å². The molecule has 1 aliphatic rings. The van der Waals surface area contributed by atoms with E-state index < -0.39 is 0 Å². The van der Waals surface area contributed by atoms with Crippen molar-refractivity contribution in [3.8, 4) is 0 Å². The van der Waals surface area contributed by atoms with Crippen molar-refractivity contribution >= 4 is 5.78 Å². The molecule has 0 N–H and O–H groups in total. The Morgan fingerprint density at radius 3 is 2.73 bits per heavy atom. The van der Waals surface area contributed by atoms with Gasteiger partial charge in [-0.3, -0.25) is 9.78 Å². The molecule has 1 aromatic rings. The van der Waals surface area contributed by atoms with E-state index in [4.69, 9.17) is 4.74 Å². The second-order valence-corrected chi connectivity index (χ2v) is 2.42. The minimum Gasteiger partial charge on any atom is -0.364 e. The SMILES string of the molecule is O=C(c1ccncc1)C1CO1. The zero-order valence-corrected chi connectivity index (χ0v) is 5.86. The predicted molar refractivity (Wildman–Crippen MR) is 38.3 cm³/mol. The number of hydrogen-bond donors (Lipinski definition) is 0. The third-order valence-electron chi connectivity index (χ3n) is 1.59. The van der Waals surface area contributed by atoms with E-state index in [9.17, 15) is 4.79 Å². The smallest absolute Gasteiger partial charge is 0.194 e. The standard InChI is InChI=1S/C8H7NO2/c10-8(7-5-11-7)6-1-3-9-4-2-6/h1-4,7H,5H2. The molecular weight excluding hydrogens is 142 g/mol. The van der Waals surface area contributed by atoms with Crippen LogP contribution in [0.5, 0.6) is 0 Å². The Bertz CT molecular complexity index is 267. The number of epoxide rings is 1. The Hall–Kier alpha value is -1.22. The van der Waals surface area contributed by atoms with Gasteiger partial charge in [0.05, 0.1) is 6.61 Å². The van der Waals surface area contributed by atoms with Crippen LogP contribution in [0.25, 0.3) is 0 Å². The molecule has 56 valence electrons. The molecular formula is C8H7NO2. The van der Waals surface area contributed by atoms with Crippen molar-refractivity contribution in [2.75, 3.05) is 6.61 Å². The lowest BCUT2D eigenvalue weighted by atomic mass is 10.1. The van der Waals surface area contributed by atoms with E-state index >= 15 is 0 Å². The van der Waals surface area contributed by atoms with Gasteiger partial charge in [0.25, 0.3) is 0 Å². The fourth-order valence-electron chi connectivity index (χ4n) is 0.902. The van der Waals surface area contributed by atoms with Crippen molar-refractivity contribution in [2.24, 2.45) is 0 Å². The summed E-state index contributed by atoms with van der Waals surface area (Å²) in [5, 5.41) is 0. The van der Waals surface area contributed by atoms with Crippen LogP contribution in [0.2, 0.25) is 0 Å². The van der Waals surface area contributed by atoms with Crippen molar-refractivity contribution in [1.29, 1.82) is 0 Å². The number of hydrogen-bond acceptors (Lipinski definition) is 3. The lowest BCUT2D eigenvalue weighted by molar-refractivity contribution is 0.0953. The molecule has 3 nitrogen and oxygen atoms in total. The minimum atomic E-state index is -0.183. The van der Waals surface area contributed by atoms with Crippen LogP contribution in [0.4, 0.5) is 0 Å². The highest BCUT2D eigenvalue weighted by Crippen LogP contribution is 2.15. The molecule has 2 heterocycles. The zero-order valence-electron chi connectivity index (χ0n) is 5.86. The summed E-state index contributed by atoms with van der Waals surface area (Å²) in [6, 6.07) is 3.40. The maximum atomic E-state index is 11.3. The molecule has 1 aromatic heterocycles. The van der Waals surface area contributed by atoms with Gasteiger partial charge in [0.2, 0.25) is 0 Å². The van der Waals surface area contributed by atoms with Crippen LogP contribution < -0.4 is 0 Å². The molecule has 0 amide bonds. The molecule has 1 unspecified atom stereocenters. The summed E-state index contributed by atoms with van der Waals surface area (Å²) < 4.78 is 4.85. The number of carbonyl (C=O) groups excluding carboxylic acids is 1. The summed E-state index contributed by atoms with van der Waals surface area (Å²) in [6.45, 7) is 0.571. The van der Waals surface area contributed by atoms with Gasteiger partial charge in [-0.1, -0.05) is 0 Å². The van der Waals surface area contributed by atoms with Gasteiger partial charge in [0.15, 0.2) is 5.78 Å².